The van der Waals surface area contributed by atoms with Crippen LogP contribution in [0.5, 0.6) is 0 Å². The van der Waals surface area contributed by atoms with E-state index in [1.165, 1.54) is 6.20 Å². The molecule has 6 heteroatoms. The summed E-state index contributed by atoms with van der Waals surface area (Å²) in [6.45, 7) is 3.30. The number of carbonyl (C=O) groups excluding carboxylic acids is 1. The van der Waals surface area contributed by atoms with Gasteiger partial charge >= 0.3 is 6.03 Å². The first-order valence-corrected chi connectivity index (χ1v) is 3.82. The Balaban J connectivity index is 2.86. The van der Waals surface area contributed by atoms with Gasteiger partial charge in [-0.25, -0.2) is 9.79 Å². The van der Waals surface area contributed by atoms with Crippen LogP contribution in [0.15, 0.2) is 17.3 Å². The highest BCUT2D eigenvalue weighted by Crippen LogP contribution is 2.07. The summed E-state index contributed by atoms with van der Waals surface area (Å²) >= 11 is 3.84. The molecule has 1 amide bonds. The van der Waals surface area contributed by atoms with E-state index in [0.717, 1.165) is 4.68 Å². The maximum atomic E-state index is 11.1. The quantitative estimate of drug-likeness (QED) is 0.403. The predicted molar refractivity (Wildman–Crippen MR) is 49.2 cm³/mol. The molecule has 0 bridgehead atoms. The number of carbonyl (C=O) groups is 1. The minimum absolute atomic E-state index is 0.259. The fraction of sp³-hybridized carbons (Fsp3) is 0.167. The molecule has 0 saturated heterocycles. The van der Waals surface area contributed by atoms with Crippen molar-refractivity contribution in [2.45, 2.75) is 0 Å². The van der Waals surface area contributed by atoms with Gasteiger partial charge in [-0.05, 0) is 6.72 Å². The third-order valence-corrected chi connectivity index (χ3v) is 1.37. The largest absolute Gasteiger partial charge is 0.344 e. The molecule has 0 aliphatic heterocycles. The second kappa shape index (κ2) is 3.91. The Hall–Kier alpha value is -1.30. The van der Waals surface area contributed by atoms with E-state index in [-0.39, 0.29) is 11.9 Å². The van der Waals surface area contributed by atoms with Gasteiger partial charge in [0.05, 0.1) is 12.1 Å². The average Bonchev–Trinajstić information content (AvgIpc) is 2.51. The Kier molecular flexibility index (Phi) is 2.87. The lowest BCUT2D eigenvalue weighted by Gasteiger charge is -2.01. The molecule has 0 radical (unpaired) electrons. The Labute approximate surface area is 74.9 Å². The number of aliphatic imine (C=N–C) groups is 1. The number of nitrogens with zero attached hydrogens (tertiary/aromatic N) is 3. The first-order chi connectivity index (χ1) is 5.79. The van der Waals surface area contributed by atoms with Crippen molar-refractivity contribution in [1.29, 1.82) is 0 Å². The van der Waals surface area contributed by atoms with Crippen LogP contribution in [-0.2, 0) is 0 Å². The Morgan fingerprint density at radius 1 is 1.92 bits per heavy atom. The van der Waals surface area contributed by atoms with Gasteiger partial charge in [-0.2, -0.15) is 22.4 Å². The normalized spacial score (nSPS) is 9.42. The van der Waals surface area contributed by atoms with Crippen LogP contribution in [0.3, 0.4) is 0 Å². The molecule has 0 aliphatic carbocycles. The number of hydrogen-bond donors (Lipinski definition) is 2. The van der Waals surface area contributed by atoms with Gasteiger partial charge in [0.25, 0.3) is 0 Å². The van der Waals surface area contributed by atoms with Gasteiger partial charge in [0.15, 0.2) is 5.82 Å². The van der Waals surface area contributed by atoms with Crippen molar-refractivity contribution in [3.05, 3.63) is 12.3 Å². The molecule has 1 aromatic heterocycles. The first kappa shape index (κ1) is 8.79. The lowest BCUT2D eigenvalue weighted by atomic mass is 10.6. The van der Waals surface area contributed by atoms with Gasteiger partial charge in [-0.3, -0.25) is 0 Å². The van der Waals surface area contributed by atoms with Gasteiger partial charge in [0, 0.05) is 6.07 Å². The zero-order valence-corrected chi connectivity index (χ0v) is 7.16. The highest BCUT2D eigenvalue weighted by atomic mass is 32.1. The molecule has 5 nitrogen and oxygen atoms in total. The molecule has 0 saturated carbocycles. The summed E-state index contributed by atoms with van der Waals surface area (Å²) in [5.41, 5.74) is 0. The molecular formula is C6H8N4OS. The van der Waals surface area contributed by atoms with E-state index in [0.29, 0.717) is 5.82 Å². The minimum atomic E-state index is -0.364. The monoisotopic (exact) mass is 184 g/mol. The first-order valence-electron chi connectivity index (χ1n) is 3.19. The molecule has 12 heavy (non-hydrogen) atoms. The lowest BCUT2D eigenvalue weighted by molar-refractivity contribution is 0.241. The second-order valence-corrected chi connectivity index (χ2v) is 2.22. The van der Waals surface area contributed by atoms with Crippen LogP contribution in [0.25, 0.3) is 0 Å². The smallest absolute Gasteiger partial charge is 0.327 e. The van der Waals surface area contributed by atoms with E-state index in [1.54, 1.807) is 6.07 Å². The summed E-state index contributed by atoms with van der Waals surface area (Å²) in [7, 11) is 0. The summed E-state index contributed by atoms with van der Waals surface area (Å²) < 4.78 is 1.11. The zero-order valence-electron chi connectivity index (χ0n) is 6.27. The average molecular weight is 184 g/mol. The molecule has 64 valence electrons. The molecular weight excluding hydrogens is 176 g/mol. The van der Waals surface area contributed by atoms with Crippen LogP contribution in [0.1, 0.15) is 0 Å². The van der Waals surface area contributed by atoms with E-state index < -0.39 is 0 Å². The number of aromatic nitrogens is 2. The molecule has 1 aromatic rings. The molecule has 1 N–H and O–H groups in total. The van der Waals surface area contributed by atoms with Crippen LogP contribution in [0.2, 0.25) is 0 Å². The lowest BCUT2D eigenvalue weighted by Crippen LogP contribution is -2.27. The van der Waals surface area contributed by atoms with Gasteiger partial charge in [-0.1, -0.05) is 0 Å². The molecule has 0 fully saturated rings. The van der Waals surface area contributed by atoms with Gasteiger partial charge in [-0.15, -0.1) is 0 Å². The van der Waals surface area contributed by atoms with Crippen molar-refractivity contribution in [3.63, 3.8) is 0 Å². The Bertz CT molecular complexity index is 295. The van der Waals surface area contributed by atoms with Gasteiger partial charge < -0.3 is 5.32 Å². The van der Waals surface area contributed by atoms with Crippen molar-refractivity contribution in [2.24, 2.45) is 4.99 Å². The summed E-state index contributed by atoms with van der Waals surface area (Å²) in [5, 5.41) is 6.20. The van der Waals surface area contributed by atoms with E-state index in [1.807, 2.05) is 0 Å². The molecule has 0 unspecified atom stereocenters. The van der Waals surface area contributed by atoms with Gasteiger partial charge in [0.2, 0.25) is 0 Å². The van der Waals surface area contributed by atoms with Crippen LogP contribution in [-0.4, -0.2) is 28.4 Å². The predicted octanol–water partition coefficient (Wildman–Crippen LogP) is 0.660. The number of rotatable bonds is 2. The van der Waals surface area contributed by atoms with E-state index >= 15 is 0 Å². The van der Waals surface area contributed by atoms with Crippen LogP contribution in [0.4, 0.5) is 10.6 Å². The fourth-order valence-corrected chi connectivity index (χ4v) is 0.850. The summed E-state index contributed by atoms with van der Waals surface area (Å²) in [5.74, 6) is 0.671. The Morgan fingerprint density at radius 2 is 2.67 bits per heavy atom. The van der Waals surface area contributed by atoms with Crippen LogP contribution < -0.4 is 5.32 Å². The number of hydrogen-bond acceptors (Lipinski definition) is 4. The van der Waals surface area contributed by atoms with Crippen molar-refractivity contribution < 1.29 is 4.79 Å². The Morgan fingerprint density at radius 3 is 3.25 bits per heavy atom. The molecule has 0 aliphatic rings. The van der Waals surface area contributed by atoms with Crippen molar-refractivity contribution >= 4 is 31.2 Å². The van der Waals surface area contributed by atoms with E-state index in [4.69, 9.17) is 0 Å². The van der Waals surface area contributed by atoms with Crippen molar-refractivity contribution in [3.8, 4) is 0 Å². The second-order valence-electron chi connectivity index (χ2n) is 1.90. The fourth-order valence-electron chi connectivity index (χ4n) is 0.715. The number of nitrogens with one attached hydrogen (secondary N) is 1. The van der Waals surface area contributed by atoms with Crippen LogP contribution >= 0.6 is 12.6 Å². The van der Waals surface area contributed by atoms with E-state index in [9.17, 15) is 4.79 Å². The standard InChI is InChI=1S/C6H8N4OS/c1-7-5-2-3-9-10(5)6(11)8-4-12/h2-3,12H,1,4H2,(H,8,11). The molecule has 0 spiro atoms. The maximum absolute atomic E-state index is 11.1. The van der Waals surface area contributed by atoms with E-state index in [2.05, 4.69) is 34.8 Å². The maximum Gasteiger partial charge on any atom is 0.344 e. The molecule has 1 heterocycles. The third-order valence-electron chi connectivity index (χ3n) is 1.21. The summed E-state index contributed by atoms with van der Waals surface area (Å²) in [6.07, 6.45) is 1.47. The number of amides is 1. The minimum Gasteiger partial charge on any atom is -0.327 e. The third kappa shape index (κ3) is 1.65. The summed E-state index contributed by atoms with van der Waals surface area (Å²) in [4.78, 5) is 14.7. The van der Waals surface area contributed by atoms with Crippen molar-refractivity contribution in [2.75, 3.05) is 5.88 Å². The molecule has 0 aromatic carbocycles. The molecule has 1 rings (SSSR count). The van der Waals surface area contributed by atoms with Crippen LogP contribution in [0, 0.1) is 0 Å². The van der Waals surface area contributed by atoms with Crippen molar-refractivity contribution in [1.82, 2.24) is 15.1 Å². The summed E-state index contributed by atoms with van der Waals surface area (Å²) in [6, 6.07) is 1.22. The molecule has 0 atom stereocenters. The number of thiol groups is 1. The highest BCUT2D eigenvalue weighted by molar-refractivity contribution is 7.80. The van der Waals surface area contributed by atoms with Gasteiger partial charge in [0.1, 0.15) is 0 Å². The highest BCUT2D eigenvalue weighted by Gasteiger charge is 2.06. The zero-order chi connectivity index (χ0) is 8.97. The SMILES string of the molecule is C=Nc1ccnn1C(=O)NCS. The topological polar surface area (TPSA) is 59.3 Å².